The van der Waals surface area contributed by atoms with Crippen molar-refractivity contribution in [2.24, 2.45) is 0 Å². The van der Waals surface area contributed by atoms with Gasteiger partial charge in [-0.1, -0.05) is 6.07 Å². The minimum absolute atomic E-state index is 0.0835. The molecule has 1 aromatic heterocycles. The molecule has 5 nitrogen and oxygen atoms in total. The lowest BCUT2D eigenvalue weighted by atomic mass is 10.3. The zero-order valence-corrected chi connectivity index (χ0v) is 8.69. The average Bonchev–Trinajstić information content (AvgIpc) is 2.60. The second-order valence-electron chi connectivity index (χ2n) is 3.30. The van der Waals surface area contributed by atoms with Gasteiger partial charge in [0.05, 0.1) is 5.69 Å². The maximum absolute atomic E-state index is 13.4. The number of para-hydroxylation sites is 1. The van der Waals surface area contributed by atoms with Crippen molar-refractivity contribution in [3.63, 3.8) is 0 Å². The molecule has 0 radical (unpaired) electrons. The largest absolute Gasteiger partial charge is 0.476 e. The highest BCUT2D eigenvalue weighted by Gasteiger charge is 2.18. The molecule has 1 N–H and O–H groups in total. The lowest BCUT2D eigenvalue weighted by Crippen LogP contribution is -2.06. The maximum atomic E-state index is 13.4. The predicted octanol–water partition coefficient (Wildman–Crippen LogP) is 1.55. The van der Waals surface area contributed by atoms with Gasteiger partial charge in [-0.3, -0.25) is 0 Å². The molecule has 0 saturated heterocycles. The molecule has 0 aliphatic carbocycles. The van der Waals surface area contributed by atoms with E-state index in [9.17, 15) is 13.6 Å². The van der Waals surface area contributed by atoms with Gasteiger partial charge in [0.15, 0.2) is 23.0 Å². The van der Waals surface area contributed by atoms with Crippen LogP contribution in [-0.2, 0) is 0 Å². The predicted molar refractivity (Wildman–Crippen MR) is 53.0 cm³/mol. The standard InChI is InChI=1S/C10H7F2N3O2/c1-5-8(10(16)17)14-15(13-5)9-6(11)3-2-4-7(9)12/h2-4H,1H3,(H,16,17). The molecule has 0 bridgehead atoms. The molecule has 0 aliphatic heterocycles. The second kappa shape index (κ2) is 3.93. The Bertz CT molecular complexity index is 575. The third-order valence-electron chi connectivity index (χ3n) is 2.12. The van der Waals surface area contributed by atoms with Gasteiger partial charge < -0.3 is 5.11 Å². The number of halogens is 2. The van der Waals surface area contributed by atoms with Gasteiger partial charge in [0.2, 0.25) is 0 Å². The van der Waals surface area contributed by atoms with E-state index in [4.69, 9.17) is 5.11 Å². The van der Waals surface area contributed by atoms with E-state index in [0.29, 0.717) is 4.80 Å². The number of carboxylic acids is 1. The number of benzene rings is 1. The minimum Gasteiger partial charge on any atom is -0.476 e. The average molecular weight is 239 g/mol. The summed E-state index contributed by atoms with van der Waals surface area (Å²) < 4.78 is 26.8. The van der Waals surface area contributed by atoms with Crippen LogP contribution in [0.3, 0.4) is 0 Å². The van der Waals surface area contributed by atoms with Crippen molar-refractivity contribution in [2.75, 3.05) is 0 Å². The van der Waals surface area contributed by atoms with Crippen LogP contribution in [-0.4, -0.2) is 26.1 Å². The Morgan fingerprint density at radius 1 is 1.29 bits per heavy atom. The first-order valence-corrected chi connectivity index (χ1v) is 4.62. The molecule has 88 valence electrons. The first-order valence-electron chi connectivity index (χ1n) is 4.62. The molecule has 1 heterocycles. The zero-order chi connectivity index (χ0) is 12.6. The molecule has 0 atom stereocenters. The van der Waals surface area contributed by atoms with E-state index in [2.05, 4.69) is 10.2 Å². The Hall–Kier alpha value is -2.31. The van der Waals surface area contributed by atoms with Gasteiger partial charge in [-0.25, -0.2) is 13.6 Å². The van der Waals surface area contributed by atoms with Gasteiger partial charge >= 0.3 is 5.97 Å². The SMILES string of the molecule is Cc1nn(-c2c(F)cccc2F)nc1C(=O)O. The summed E-state index contributed by atoms with van der Waals surface area (Å²) in [6, 6.07) is 3.28. The van der Waals surface area contributed by atoms with E-state index >= 15 is 0 Å². The van der Waals surface area contributed by atoms with Crippen LogP contribution in [0.15, 0.2) is 18.2 Å². The van der Waals surface area contributed by atoms with Gasteiger partial charge in [0, 0.05) is 0 Å². The number of aromatic nitrogens is 3. The Labute approximate surface area is 94.3 Å². The van der Waals surface area contributed by atoms with Crippen LogP contribution in [0.4, 0.5) is 8.78 Å². The molecule has 1 aromatic carbocycles. The van der Waals surface area contributed by atoms with Gasteiger partial charge in [-0.05, 0) is 19.1 Å². The minimum atomic E-state index is -1.30. The Morgan fingerprint density at radius 3 is 2.35 bits per heavy atom. The summed E-state index contributed by atoms with van der Waals surface area (Å²) in [5, 5.41) is 16.0. The molecule has 0 spiro atoms. The van der Waals surface area contributed by atoms with E-state index in [1.807, 2.05) is 0 Å². The summed E-state index contributed by atoms with van der Waals surface area (Å²) in [5.74, 6) is -3.03. The topological polar surface area (TPSA) is 68.0 Å². The molecule has 17 heavy (non-hydrogen) atoms. The lowest BCUT2D eigenvalue weighted by Gasteiger charge is -2.01. The van der Waals surface area contributed by atoms with Gasteiger partial charge in [0.25, 0.3) is 0 Å². The van der Waals surface area contributed by atoms with Crippen molar-refractivity contribution in [3.8, 4) is 5.69 Å². The number of hydrogen-bond acceptors (Lipinski definition) is 3. The Balaban J connectivity index is 2.62. The summed E-state index contributed by atoms with van der Waals surface area (Å²) in [6.45, 7) is 1.39. The second-order valence-corrected chi connectivity index (χ2v) is 3.30. The number of carbonyl (C=O) groups is 1. The summed E-state index contributed by atoms with van der Waals surface area (Å²) in [6.07, 6.45) is 0. The van der Waals surface area contributed by atoms with Crippen LogP contribution >= 0.6 is 0 Å². The van der Waals surface area contributed by atoms with Crippen LogP contribution in [0.25, 0.3) is 5.69 Å². The molecule has 7 heteroatoms. The van der Waals surface area contributed by atoms with Crippen molar-refractivity contribution in [2.45, 2.75) is 6.92 Å². The fraction of sp³-hybridized carbons (Fsp3) is 0.100. The van der Waals surface area contributed by atoms with Crippen molar-refractivity contribution < 1.29 is 18.7 Å². The van der Waals surface area contributed by atoms with Crippen LogP contribution in [0.2, 0.25) is 0 Å². The monoisotopic (exact) mass is 239 g/mol. The van der Waals surface area contributed by atoms with Crippen molar-refractivity contribution in [3.05, 3.63) is 41.2 Å². The van der Waals surface area contributed by atoms with Gasteiger partial charge in [-0.15, -0.1) is 9.90 Å². The molecule has 0 saturated carbocycles. The first kappa shape index (κ1) is 11.2. The summed E-state index contributed by atoms with van der Waals surface area (Å²) >= 11 is 0. The van der Waals surface area contributed by atoms with Crippen LogP contribution in [0.5, 0.6) is 0 Å². The molecule has 0 fully saturated rings. The van der Waals surface area contributed by atoms with Crippen LogP contribution in [0, 0.1) is 18.6 Å². The highest BCUT2D eigenvalue weighted by molar-refractivity contribution is 5.86. The lowest BCUT2D eigenvalue weighted by molar-refractivity contribution is 0.0689. The molecule has 2 rings (SSSR count). The molecular weight excluding hydrogens is 232 g/mol. The first-order chi connectivity index (χ1) is 8.00. The highest BCUT2D eigenvalue weighted by atomic mass is 19.1. The molecular formula is C10H7F2N3O2. The Morgan fingerprint density at radius 2 is 1.88 bits per heavy atom. The maximum Gasteiger partial charge on any atom is 0.358 e. The quantitative estimate of drug-likeness (QED) is 0.863. The number of rotatable bonds is 2. The molecule has 0 aliphatic rings. The van der Waals surface area contributed by atoms with E-state index < -0.39 is 23.3 Å². The number of aryl methyl sites for hydroxylation is 1. The third kappa shape index (κ3) is 1.86. The summed E-state index contributed by atoms with van der Waals surface area (Å²) in [7, 11) is 0. The number of hydrogen-bond donors (Lipinski definition) is 1. The number of carboxylic acid groups (broad SMARTS) is 1. The fourth-order valence-electron chi connectivity index (χ4n) is 1.36. The Kier molecular flexibility index (Phi) is 2.58. The normalized spacial score (nSPS) is 10.5. The van der Waals surface area contributed by atoms with Gasteiger partial charge in [0.1, 0.15) is 0 Å². The zero-order valence-electron chi connectivity index (χ0n) is 8.69. The number of aromatic carboxylic acids is 1. The van der Waals surface area contributed by atoms with Crippen LogP contribution < -0.4 is 0 Å². The smallest absolute Gasteiger partial charge is 0.358 e. The van der Waals surface area contributed by atoms with Crippen LogP contribution in [0.1, 0.15) is 16.2 Å². The summed E-state index contributed by atoms with van der Waals surface area (Å²) in [4.78, 5) is 11.4. The van der Waals surface area contributed by atoms with Crippen molar-refractivity contribution >= 4 is 5.97 Å². The van der Waals surface area contributed by atoms with E-state index in [1.54, 1.807) is 0 Å². The van der Waals surface area contributed by atoms with E-state index in [0.717, 1.165) is 12.1 Å². The van der Waals surface area contributed by atoms with Crippen molar-refractivity contribution in [1.82, 2.24) is 15.0 Å². The van der Waals surface area contributed by atoms with Crippen molar-refractivity contribution in [1.29, 1.82) is 0 Å². The van der Waals surface area contributed by atoms with Gasteiger partial charge in [-0.2, -0.15) is 5.10 Å². The van der Waals surface area contributed by atoms with E-state index in [1.165, 1.54) is 13.0 Å². The third-order valence-corrected chi connectivity index (χ3v) is 2.12. The summed E-state index contributed by atoms with van der Waals surface area (Å²) in [5.41, 5.74) is -0.754. The molecule has 0 unspecified atom stereocenters. The molecule has 2 aromatic rings. The molecule has 0 amide bonds. The highest BCUT2D eigenvalue weighted by Crippen LogP contribution is 2.16. The van der Waals surface area contributed by atoms with E-state index in [-0.39, 0.29) is 11.4 Å². The number of nitrogens with zero attached hydrogens (tertiary/aromatic N) is 3. The fourth-order valence-corrected chi connectivity index (χ4v) is 1.36.